The van der Waals surface area contributed by atoms with Crippen molar-refractivity contribution in [2.24, 2.45) is 27.4 Å². The summed E-state index contributed by atoms with van der Waals surface area (Å²) in [7, 11) is 1.41. The summed E-state index contributed by atoms with van der Waals surface area (Å²) in [4.78, 5) is 62.0. The maximum absolute atomic E-state index is 16.2. The Morgan fingerprint density at radius 1 is 0.333 bits per heavy atom. The number of rotatable bonds is 11. The summed E-state index contributed by atoms with van der Waals surface area (Å²) in [5.74, 6) is -1.15. The van der Waals surface area contributed by atoms with E-state index < -0.39 is 27.6 Å². The minimum Gasteiger partial charge on any atom is -0.469 e. The van der Waals surface area contributed by atoms with Crippen molar-refractivity contribution in [3.63, 3.8) is 0 Å². The van der Waals surface area contributed by atoms with E-state index in [1.165, 1.54) is 7.11 Å². The third kappa shape index (κ3) is 8.99. The number of esters is 1. The molecule has 9 heteroatoms. The standard InChI is InChI=1S/C69H64N4O5/c1-78-65(77)69(40-52-24-8-16-32-60(52)61-33-17-9-25-53(61)41-69)45-73-64(76)68(38-50-22-6-14-30-58(50)59-31-15-7-23-51(59)39-68)44-72-63(75)67(36-48-20-4-12-28-56(48)57-29-13-5-21-49(57)37-67)43-71-62(74)66(42-70)34-46-18-2-10-26-54(46)55-27-11-3-19-47(55)35-66/h2-33H,34-45,70H2,1H3,(H,71,74)(H,72,75)(H,73,76). The van der Waals surface area contributed by atoms with Gasteiger partial charge in [-0.3, -0.25) is 19.2 Å². The molecule has 0 aromatic heterocycles. The normalized spacial score (nSPS) is 16.5. The third-order valence-electron chi connectivity index (χ3n) is 17.7. The van der Waals surface area contributed by atoms with E-state index in [-0.39, 0.29) is 43.9 Å². The predicted molar refractivity (Wildman–Crippen MR) is 307 cm³/mol. The molecule has 0 saturated heterocycles. The minimum atomic E-state index is -1.24. The van der Waals surface area contributed by atoms with Gasteiger partial charge in [0.15, 0.2) is 0 Å². The van der Waals surface area contributed by atoms with Gasteiger partial charge in [-0.05, 0) is 140 Å². The summed E-state index contributed by atoms with van der Waals surface area (Å²) >= 11 is 0. The molecule has 8 aromatic rings. The van der Waals surface area contributed by atoms with Crippen molar-refractivity contribution in [1.29, 1.82) is 0 Å². The van der Waals surface area contributed by atoms with Crippen molar-refractivity contribution in [3.8, 4) is 44.5 Å². The van der Waals surface area contributed by atoms with Crippen LogP contribution >= 0.6 is 0 Å². The molecule has 0 heterocycles. The zero-order chi connectivity index (χ0) is 53.5. The first kappa shape index (κ1) is 50.4. The first-order valence-corrected chi connectivity index (χ1v) is 27.3. The Kier molecular flexibility index (Phi) is 13.3. The molecule has 9 nitrogen and oxygen atoms in total. The van der Waals surface area contributed by atoms with Crippen LogP contribution in [0.2, 0.25) is 0 Å². The second-order valence-corrected chi connectivity index (χ2v) is 22.5. The molecule has 0 fully saturated rings. The fourth-order valence-corrected chi connectivity index (χ4v) is 13.7. The van der Waals surface area contributed by atoms with Gasteiger partial charge in [0.1, 0.15) is 0 Å². The van der Waals surface area contributed by atoms with Crippen molar-refractivity contribution in [2.75, 3.05) is 33.3 Å². The van der Waals surface area contributed by atoms with E-state index in [0.717, 1.165) is 89.0 Å². The fraction of sp³-hybridized carbons (Fsp3) is 0.246. The maximum Gasteiger partial charge on any atom is 0.314 e. The lowest BCUT2D eigenvalue weighted by atomic mass is 9.73. The van der Waals surface area contributed by atoms with Gasteiger partial charge in [-0.25, -0.2) is 0 Å². The first-order chi connectivity index (χ1) is 38.1. The molecule has 390 valence electrons. The molecular weight excluding hydrogens is 965 g/mol. The number of carbonyl (C=O) groups excluding carboxylic acids is 4. The van der Waals surface area contributed by atoms with Crippen molar-refractivity contribution in [2.45, 2.75) is 51.4 Å². The van der Waals surface area contributed by atoms with Crippen molar-refractivity contribution in [3.05, 3.63) is 239 Å². The molecule has 0 aliphatic heterocycles. The summed E-state index contributed by atoms with van der Waals surface area (Å²) in [5.41, 5.74) is 18.6. The van der Waals surface area contributed by atoms with Crippen LogP contribution in [0.25, 0.3) is 44.5 Å². The minimum absolute atomic E-state index is 0.00153. The largest absolute Gasteiger partial charge is 0.469 e. The van der Waals surface area contributed by atoms with E-state index in [4.69, 9.17) is 10.5 Å². The predicted octanol–water partition coefficient (Wildman–Crippen LogP) is 10.3. The molecule has 4 aliphatic rings. The van der Waals surface area contributed by atoms with Gasteiger partial charge < -0.3 is 26.4 Å². The average Bonchev–Trinajstić information content (AvgIpc) is 3.88. The zero-order valence-corrected chi connectivity index (χ0v) is 44.1. The number of fused-ring (bicyclic) bond motifs is 12. The number of hydrogen-bond acceptors (Lipinski definition) is 6. The molecule has 78 heavy (non-hydrogen) atoms. The van der Waals surface area contributed by atoms with Crippen LogP contribution in [-0.4, -0.2) is 57.0 Å². The van der Waals surface area contributed by atoms with Gasteiger partial charge in [-0.1, -0.05) is 194 Å². The molecular formula is C69H64N4O5. The first-order valence-electron chi connectivity index (χ1n) is 27.3. The number of hydrogen-bond donors (Lipinski definition) is 4. The molecule has 3 amide bonds. The molecule has 0 radical (unpaired) electrons. The molecule has 5 N–H and O–H groups in total. The highest BCUT2D eigenvalue weighted by Gasteiger charge is 2.50. The fourth-order valence-electron chi connectivity index (χ4n) is 13.7. The van der Waals surface area contributed by atoms with Crippen LogP contribution in [0.15, 0.2) is 194 Å². The third-order valence-corrected chi connectivity index (χ3v) is 17.7. The zero-order valence-electron chi connectivity index (χ0n) is 44.1. The molecule has 12 rings (SSSR count). The number of nitrogens with one attached hydrogen (secondary N) is 3. The Hall–Kier alpha value is -8.40. The van der Waals surface area contributed by atoms with E-state index in [1.807, 2.05) is 97.1 Å². The molecule has 0 spiro atoms. The average molecular weight is 1030 g/mol. The number of methoxy groups -OCH3 is 1. The van der Waals surface area contributed by atoms with Crippen LogP contribution in [0.4, 0.5) is 0 Å². The Morgan fingerprint density at radius 2 is 0.526 bits per heavy atom. The highest BCUT2D eigenvalue weighted by molar-refractivity contribution is 5.92. The number of nitrogens with two attached hydrogens (primary N) is 1. The van der Waals surface area contributed by atoms with Gasteiger partial charge in [-0.2, -0.15) is 0 Å². The van der Waals surface area contributed by atoms with Crippen molar-refractivity contribution in [1.82, 2.24) is 16.0 Å². The highest BCUT2D eigenvalue weighted by atomic mass is 16.5. The lowest BCUT2D eigenvalue weighted by molar-refractivity contribution is -0.153. The topological polar surface area (TPSA) is 140 Å². The molecule has 0 saturated carbocycles. The van der Waals surface area contributed by atoms with Crippen LogP contribution < -0.4 is 21.7 Å². The Balaban J connectivity index is 0.923. The van der Waals surface area contributed by atoms with Gasteiger partial charge in [0.05, 0.1) is 28.8 Å². The van der Waals surface area contributed by atoms with Gasteiger partial charge in [0.25, 0.3) is 0 Å². The van der Waals surface area contributed by atoms with Crippen LogP contribution in [0, 0.1) is 21.7 Å². The maximum atomic E-state index is 16.2. The van der Waals surface area contributed by atoms with Gasteiger partial charge in [0.2, 0.25) is 17.7 Å². The van der Waals surface area contributed by atoms with Crippen molar-refractivity contribution < 1.29 is 23.9 Å². The second kappa shape index (κ2) is 20.5. The van der Waals surface area contributed by atoms with Gasteiger partial charge in [0, 0.05) is 26.2 Å². The Morgan fingerprint density at radius 3 is 0.756 bits per heavy atom. The summed E-state index contributed by atoms with van der Waals surface area (Å²) in [5, 5.41) is 10.3. The Bertz CT molecular complexity index is 3460. The summed E-state index contributed by atoms with van der Waals surface area (Å²) in [6, 6.07) is 65.6. The van der Waals surface area contributed by atoms with Gasteiger partial charge in [-0.15, -0.1) is 0 Å². The summed E-state index contributed by atoms with van der Waals surface area (Å²) < 4.78 is 5.66. The van der Waals surface area contributed by atoms with E-state index in [9.17, 15) is 4.79 Å². The van der Waals surface area contributed by atoms with E-state index >= 15 is 14.4 Å². The van der Waals surface area contributed by atoms with Crippen LogP contribution in [-0.2, 0) is 75.3 Å². The van der Waals surface area contributed by atoms with Gasteiger partial charge >= 0.3 is 5.97 Å². The van der Waals surface area contributed by atoms with E-state index in [2.05, 4.69) is 113 Å². The molecule has 0 unspecified atom stereocenters. The second-order valence-electron chi connectivity index (χ2n) is 22.5. The van der Waals surface area contributed by atoms with E-state index in [0.29, 0.717) is 51.4 Å². The summed E-state index contributed by atoms with van der Waals surface area (Å²) in [6.07, 6.45) is 2.81. The SMILES string of the molecule is COC(=O)C1(CNC(=O)C2(CNC(=O)C3(CNC(=O)C4(CN)Cc5ccccc5-c5ccccc5C4)Cc4ccccc4-c4ccccc4C3)Cc3ccccc3-c3ccccc3C2)Cc2ccccc2-c2ccccc2C1. The van der Waals surface area contributed by atoms with Crippen LogP contribution in [0.3, 0.4) is 0 Å². The van der Waals surface area contributed by atoms with Crippen LogP contribution in [0.5, 0.6) is 0 Å². The highest BCUT2D eigenvalue weighted by Crippen LogP contribution is 2.46. The Labute approximate surface area is 456 Å². The molecule has 4 aliphatic carbocycles. The number of carbonyl (C=O) groups is 4. The number of ether oxygens (including phenoxy) is 1. The summed E-state index contributed by atoms with van der Waals surface area (Å²) in [6.45, 7) is 0.0855. The smallest absolute Gasteiger partial charge is 0.314 e. The van der Waals surface area contributed by atoms with E-state index in [1.54, 1.807) is 0 Å². The molecule has 8 aromatic carbocycles. The quantitative estimate of drug-likeness (QED) is 0.0952. The molecule has 0 bridgehead atoms. The lowest BCUT2D eigenvalue weighted by Crippen LogP contribution is -2.58. The molecule has 0 atom stereocenters. The van der Waals surface area contributed by atoms with Crippen LogP contribution in [0.1, 0.15) is 44.5 Å². The monoisotopic (exact) mass is 1030 g/mol. The number of amides is 3. The number of benzene rings is 8. The lowest BCUT2D eigenvalue weighted by Gasteiger charge is -2.38. The van der Waals surface area contributed by atoms with Crippen molar-refractivity contribution >= 4 is 23.7 Å².